The van der Waals surface area contributed by atoms with Gasteiger partial charge in [-0.1, -0.05) is 114 Å². The van der Waals surface area contributed by atoms with Crippen LogP contribution < -0.4 is 9.62 Å². The average molecular weight is 736 g/mol. The van der Waals surface area contributed by atoms with Crippen molar-refractivity contribution < 1.29 is 18.0 Å². The second kappa shape index (κ2) is 16.2. The van der Waals surface area contributed by atoms with Crippen molar-refractivity contribution in [3.63, 3.8) is 0 Å². The number of carbonyl (C=O) groups is 2. The fourth-order valence-corrected chi connectivity index (χ4v) is 7.05. The highest BCUT2D eigenvalue weighted by Gasteiger charge is 2.35. The third kappa shape index (κ3) is 9.42. The van der Waals surface area contributed by atoms with E-state index in [-0.39, 0.29) is 39.5 Å². The summed E-state index contributed by atoms with van der Waals surface area (Å²) in [7, 11) is -4.31. The van der Waals surface area contributed by atoms with E-state index >= 15 is 0 Å². The predicted molar refractivity (Wildman–Crippen MR) is 191 cm³/mol. The molecule has 0 heterocycles. The largest absolute Gasteiger partial charge is 0.354 e. The molecule has 0 fully saturated rings. The van der Waals surface area contributed by atoms with E-state index < -0.39 is 34.4 Å². The first kappa shape index (κ1) is 36.6. The van der Waals surface area contributed by atoms with Crippen LogP contribution in [0.25, 0.3) is 0 Å². The van der Waals surface area contributed by atoms with Gasteiger partial charge in [0.05, 0.1) is 20.6 Å². The van der Waals surface area contributed by atoms with E-state index in [9.17, 15) is 18.0 Å². The van der Waals surface area contributed by atoms with Gasteiger partial charge >= 0.3 is 0 Å². The van der Waals surface area contributed by atoms with Crippen LogP contribution in [0.1, 0.15) is 30.5 Å². The maximum atomic E-state index is 14.6. The van der Waals surface area contributed by atoms with E-state index in [1.165, 1.54) is 35.2 Å². The Balaban J connectivity index is 1.85. The van der Waals surface area contributed by atoms with Gasteiger partial charge in [0.1, 0.15) is 12.6 Å². The summed E-state index contributed by atoms with van der Waals surface area (Å²) < 4.78 is 29.4. The summed E-state index contributed by atoms with van der Waals surface area (Å²) in [5, 5.41) is 3.87. The minimum atomic E-state index is -4.31. The molecule has 0 bridgehead atoms. The number of sulfonamides is 1. The topological polar surface area (TPSA) is 86.8 Å². The molecule has 7 nitrogen and oxygen atoms in total. The maximum Gasteiger partial charge on any atom is 0.264 e. The molecule has 2 amide bonds. The van der Waals surface area contributed by atoms with Crippen molar-refractivity contribution in [1.82, 2.24) is 10.2 Å². The standard InChI is InChI=1S/C35H35Cl4N3O4S/c1-23(2)20-40-35(44)33(18-25-8-5-4-6-9-25)41(21-28-29(36)10-7-11-30(28)37)34(43)22-42(26-14-17-31(38)32(39)19-26)47(45,46)27-15-12-24(3)13-16-27/h4-17,19,23,33H,18,20-22H2,1-3H3,(H,40,44)/t33-/m0/s1. The molecule has 0 aliphatic rings. The summed E-state index contributed by atoms with van der Waals surface area (Å²) in [4.78, 5) is 29.8. The number of nitrogens with zero attached hydrogens (tertiary/aromatic N) is 2. The molecule has 0 saturated heterocycles. The molecule has 1 N–H and O–H groups in total. The molecule has 0 unspecified atom stereocenters. The molecule has 4 aromatic carbocycles. The van der Waals surface area contributed by atoms with Gasteiger partial charge in [-0.2, -0.15) is 0 Å². The SMILES string of the molecule is Cc1ccc(S(=O)(=O)N(CC(=O)N(Cc2c(Cl)cccc2Cl)[C@@H](Cc2ccccc2)C(=O)NCC(C)C)c2ccc(Cl)c(Cl)c2)cc1. The Morgan fingerprint density at radius 2 is 1.43 bits per heavy atom. The molecule has 0 aliphatic carbocycles. The van der Waals surface area contributed by atoms with Crippen LogP contribution in [0.3, 0.4) is 0 Å². The molecular weight excluding hydrogens is 700 g/mol. The lowest BCUT2D eigenvalue weighted by molar-refractivity contribution is -0.140. The minimum Gasteiger partial charge on any atom is -0.354 e. The van der Waals surface area contributed by atoms with Gasteiger partial charge in [0.15, 0.2) is 0 Å². The quantitative estimate of drug-likeness (QED) is 0.150. The van der Waals surface area contributed by atoms with Crippen molar-refractivity contribution in [2.75, 3.05) is 17.4 Å². The van der Waals surface area contributed by atoms with Gasteiger partial charge in [-0.3, -0.25) is 13.9 Å². The van der Waals surface area contributed by atoms with Gasteiger partial charge in [-0.25, -0.2) is 8.42 Å². The normalized spacial score (nSPS) is 12.1. The summed E-state index contributed by atoms with van der Waals surface area (Å²) in [6.07, 6.45) is 0.149. The van der Waals surface area contributed by atoms with Crippen LogP contribution in [0.5, 0.6) is 0 Å². The fraction of sp³-hybridized carbons (Fsp3) is 0.257. The number of anilines is 1. The second-order valence-corrected chi connectivity index (χ2v) is 15.0. The highest BCUT2D eigenvalue weighted by molar-refractivity contribution is 7.92. The zero-order valence-corrected chi connectivity index (χ0v) is 29.9. The van der Waals surface area contributed by atoms with Crippen molar-refractivity contribution in [3.8, 4) is 0 Å². The molecular formula is C35H35Cl4N3O4S. The van der Waals surface area contributed by atoms with Crippen LogP contribution in [-0.4, -0.2) is 44.3 Å². The van der Waals surface area contributed by atoms with Gasteiger partial charge < -0.3 is 10.2 Å². The highest BCUT2D eigenvalue weighted by Crippen LogP contribution is 2.32. The molecule has 0 radical (unpaired) electrons. The van der Waals surface area contributed by atoms with E-state index in [0.29, 0.717) is 22.2 Å². The number of aryl methyl sites for hydroxylation is 1. The summed E-state index contributed by atoms with van der Waals surface area (Å²) in [6.45, 7) is 5.30. The number of rotatable bonds is 13. The molecule has 248 valence electrons. The Hall–Kier alpha value is -3.27. The first-order valence-corrected chi connectivity index (χ1v) is 17.8. The van der Waals surface area contributed by atoms with E-state index in [0.717, 1.165) is 15.4 Å². The molecule has 4 aromatic rings. The van der Waals surface area contributed by atoms with Crippen LogP contribution >= 0.6 is 46.4 Å². The maximum absolute atomic E-state index is 14.6. The Labute approximate surface area is 296 Å². The van der Waals surface area contributed by atoms with Crippen molar-refractivity contribution in [3.05, 3.63) is 128 Å². The van der Waals surface area contributed by atoms with Gasteiger partial charge in [0.2, 0.25) is 11.8 Å². The highest BCUT2D eigenvalue weighted by atomic mass is 35.5. The Kier molecular flexibility index (Phi) is 12.6. The van der Waals surface area contributed by atoms with Crippen LogP contribution in [0.2, 0.25) is 20.1 Å². The third-order valence-electron chi connectivity index (χ3n) is 7.42. The van der Waals surface area contributed by atoms with Gasteiger partial charge in [0.25, 0.3) is 10.0 Å². The van der Waals surface area contributed by atoms with E-state index in [4.69, 9.17) is 46.4 Å². The number of nitrogens with one attached hydrogen (secondary N) is 1. The Morgan fingerprint density at radius 3 is 2.02 bits per heavy atom. The van der Waals surface area contributed by atoms with Gasteiger partial charge in [0, 0.05) is 35.1 Å². The van der Waals surface area contributed by atoms with Crippen LogP contribution in [0, 0.1) is 12.8 Å². The number of hydrogen-bond donors (Lipinski definition) is 1. The zero-order valence-electron chi connectivity index (χ0n) is 26.1. The number of halogens is 4. The van der Waals surface area contributed by atoms with E-state index in [2.05, 4.69) is 5.32 Å². The lowest BCUT2D eigenvalue weighted by Gasteiger charge is -2.34. The zero-order chi connectivity index (χ0) is 34.3. The molecule has 4 rings (SSSR count). The number of amides is 2. The lowest BCUT2D eigenvalue weighted by atomic mass is 10.0. The van der Waals surface area contributed by atoms with E-state index in [1.807, 2.05) is 51.1 Å². The molecule has 12 heteroatoms. The monoisotopic (exact) mass is 733 g/mol. The minimum absolute atomic E-state index is 0.0295. The molecule has 0 spiro atoms. The Morgan fingerprint density at radius 1 is 0.787 bits per heavy atom. The van der Waals surface area contributed by atoms with Gasteiger partial charge in [-0.15, -0.1) is 0 Å². The smallest absolute Gasteiger partial charge is 0.264 e. The summed E-state index contributed by atoms with van der Waals surface area (Å²) in [5.41, 5.74) is 2.20. The van der Waals surface area contributed by atoms with E-state index in [1.54, 1.807) is 30.3 Å². The number of benzene rings is 4. The lowest BCUT2D eigenvalue weighted by Crippen LogP contribution is -2.53. The van der Waals surface area contributed by atoms with Crippen molar-refractivity contribution >= 4 is 73.9 Å². The average Bonchev–Trinajstić information content (AvgIpc) is 3.03. The molecule has 0 aliphatic heterocycles. The first-order chi connectivity index (χ1) is 22.3. The fourth-order valence-electron chi connectivity index (χ4n) is 4.84. The molecule has 47 heavy (non-hydrogen) atoms. The molecule has 1 atom stereocenters. The van der Waals surface area contributed by atoms with Crippen molar-refractivity contribution in [2.24, 2.45) is 5.92 Å². The summed E-state index contributed by atoms with van der Waals surface area (Å²) in [5.74, 6) is -0.923. The van der Waals surface area contributed by atoms with Crippen LogP contribution in [-0.2, 0) is 32.6 Å². The number of carbonyl (C=O) groups excluding carboxylic acids is 2. The summed E-state index contributed by atoms with van der Waals surface area (Å²) >= 11 is 25.6. The summed E-state index contributed by atoms with van der Waals surface area (Å²) in [6, 6.07) is 23.8. The molecule has 0 aromatic heterocycles. The molecule has 0 saturated carbocycles. The first-order valence-electron chi connectivity index (χ1n) is 14.9. The van der Waals surface area contributed by atoms with Crippen LogP contribution in [0.15, 0.2) is 95.9 Å². The van der Waals surface area contributed by atoms with Crippen LogP contribution in [0.4, 0.5) is 5.69 Å². The predicted octanol–water partition coefficient (Wildman–Crippen LogP) is 8.22. The number of hydrogen-bond acceptors (Lipinski definition) is 4. The van der Waals surface area contributed by atoms with Gasteiger partial charge in [-0.05, 0) is 60.9 Å². The van der Waals surface area contributed by atoms with Crippen molar-refractivity contribution in [1.29, 1.82) is 0 Å². The second-order valence-electron chi connectivity index (χ2n) is 11.5. The van der Waals surface area contributed by atoms with Crippen molar-refractivity contribution in [2.45, 2.75) is 44.7 Å². The Bertz CT molecular complexity index is 1800. The third-order valence-corrected chi connectivity index (χ3v) is 10.7.